The van der Waals surface area contributed by atoms with Gasteiger partial charge in [0.2, 0.25) is 0 Å². The van der Waals surface area contributed by atoms with Crippen molar-refractivity contribution in [1.82, 2.24) is 5.48 Å². The average Bonchev–Trinajstić information content (AvgIpc) is 2.26. The molecule has 1 aromatic rings. The summed E-state index contributed by atoms with van der Waals surface area (Å²) in [5.41, 5.74) is 3.80. The maximum Gasteiger partial charge on any atom is 0.274 e. The third-order valence-electron chi connectivity index (χ3n) is 3.18. The van der Waals surface area contributed by atoms with Gasteiger partial charge in [-0.3, -0.25) is 9.63 Å². The Kier molecular flexibility index (Phi) is 4.49. The molecule has 1 amide bonds. The summed E-state index contributed by atoms with van der Waals surface area (Å²) in [5, 5.41) is 10.5. The number of benzene rings is 1. The number of aromatic hydroxyl groups is 1. The Morgan fingerprint density at radius 1 is 1.05 bits per heavy atom. The van der Waals surface area contributed by atoms with E-state index in [0.717, 1.165) is 11.1 Å². The Bertz CT molecular complexity index is 472. The van der Waals surface area contributed by atoms with Crippen LogP contribution in [0.2, 0.25) is 0 Å². The highest BCUT2D eigenvalue weighted by Gasteiger charge is 2.27. The maximum atomic E-state index is 12.0. The molecule has 0 aromatic heterocycles. The molecular weight excluding hydrogens is 254 g/mol. The van der Waals surface area contributed by atoms with Crippen LogP contribution in [-0.4, -0.2) is 18.1 Å². The second-order valence-corrected chi connectivity index (χ2v) is 7.06. The summed E-state index contributed by atoms with van der Waals surface area (Å²) in [5.74, 6) is -0.0533. The number of rotatable bonds is 2. The van der Waals surface area contributed by atoms with Gasteiger partial charge in [0, 0.05) is 16.7 Å². The molecule has 1 aromatic carbocycles. The number of amides is 1. The van der Waals surface area contributed by atoms with Gasteiger partial charge in [-0.1, -0.05) is 41.5 Å². The summed E-state index contributed by atoms with van der Waals surface area (Å²) in [6.45, 7) is 12.0. The van der Waals surface area contributed by atoms with E-state index in [-0.39, 0.29) is 22.5 Å². The van der Waals surface area contributed by atoms with E-state index in [2.05, 4.69) is 10.3 Å². The predicted molar refractivity (Wildman–Crippen MR) is 80.0 cm³/mol. The van der Waals surface area contributed by atoms with E-state index in [0.29, 0.717) is 5.56 Å². The Morgan fingerprint density at radius 3 is 1.75 bits per heavy atom. The lowest BCUT2D eigenvalue weighted by Crippen LogP contribution is -2.24. The molecule has 0 saturated carbocycles. The molecule has 0 radical (unpaired) electrons. The van der Waals surface area contributed by atoms with E-state index in [4.69, 9.17) is 0 Å². The molecule has 1 rings (SSSR count). The molecule has 20 heavy (non-hydrogen) atoms. The summed E-state index contributed by atoms with van der Waals surface area (Å²) in [6, 6.07) is 3.44. The van der Waals surface area contributed by atoms with E-state index in [9.17, 15) is 9.90 Å². The average molecular weight is 279 g/mol. The monoisotopic (exact) mass is 279 g/mol. The number of hydrogen-bond donors (Lipinski definition) is 2. The lowest BCUT2D eigenvalue weighted by Gasteiger charge is -2.28. The zero-order chi connectivity index (χ0) is 15.7. The minimum Gasteiger partial charge on any atom is -0.507 e. The first-order valence-electron chi connectivity index (χ1n) is 6.69. The summed E-state index contributed by atoms with van der Waals surface area (Å²) in [7, 11) is 1.40. The molecule has 112 valence electrons. The van der Waals surface area contributed by atoms with Crippen LogP contribution < -0.4 is 5.48 Å². The van der Waals surface area contributed by atoms with E-state index >= 15 is 0 Å². The van der Waals surface area contributed by atoms with Gasteiger partial charge in [0.25, 0.3) is 5.91 Å². The Balaban J connectivity index is 3.55. The number of carbonyl (C=O) groups is 1. The van der Waals surface area contributed by atoms with Crippen LogP contribution in [0, 0.1) is 0 Å². The van der Waals surface area contributed by atoms with Crippen LogP contribution in [-0.2, 0) is 15.7 Å². The first kappa shape index (κ1) is 16.5. The van der Waals surface area contributed by atoms with E-state index in [1.54, 1.807) is 12.1 Å². The van der Waals surface area contributed by atoms with Crippen molar-refractivity contribution in [1.29, 1.82) is 0 Å². The van der Waals surface area contributed by atoms with Gasteiger partial charge in [0.1, 0.15) is 5.75 Å². The van der Waals surface area contributed by atoms with Gasteiger partial charge in [-0.05, 0) is 23.0 Å². The number of hydroxylamine groups is 1. The standard InChI is InChI=1S/C16H25NO3/c1-15(2,3)11-8-10(14(19)17-20-7)9-12(13(11)18)16(4,5)6/h8-9,18H,1-7H3,(H,17,19). The lowest BCUT2D eigenvalue weighted by atomic mass is 9.78. The second kappa shape index (κ2) is 5.44. The molecule has 0 bridgehead atoms. The van der Waals surface area contributed by atoms with Crippen molar-refractivity contribution in [2.75, 3.05) is 7.11 Å². The fourth-order valence-corrected chi connectivity index (χ4v) is 2.06. The molecule has 0 saturated heterocycles. The van der Waals surface area contributed by atoms with E-state index < -0.39 is 0 Å². The van der Waals surface area contributed by atoms with Crippen LogP contribution >= 0.6 is 0 Å². The molecule has 0 fully saturated rings. The molecule has 4 heteroatoms. The minimum atomic E-state index is -0.316. The van der Waals surface area contributed by atoms with Crippen LogP contribution in [0.5, 0.6) is 5.75 Å². The number of phenolic OH excluding ortho intramolecular Hbond substituents is 1. The van der Waals surface area contributed by atoms with Crippen LogP contribution in [0.4, 0.5) is 0 Å². The van der Waals surface area contributed by atoms with Crippen molar-refractivity contribution >= 4 is 5.91 Å². The topological polar surface area (TPSA) is 58.6 Å². The predicted octanol–water partition coefficient (Wildman–Crippen LogP) is 3.28. The largest absolute Gasteiger partial charge is 0.507 e. The SMILES string of the molecule is CONC(=O)c1cc(C(C)(C)C)c(O)c(C(C)(C)C)c1. The van der Waals surface area contributed by atoms with Gasteiger partial charge in [0.15, 0.2) is 0 Å². The normalized spacial score (nSPS) is 12.3. The maximum absolute atomic E-state index is 12.0. The summed E-state index contributed by atoms with van der Waals surface area (Å²) >= 11 is 0. The Labute approximate surface area is 121 Å². The number of carbonyl (C=O) groups excluding carboxylic acids is 1. The van der Waals surface area contributed by atoms with E-state index in [1.807, 2.05) is 41.5 Å². The van der Waals surface area contributed by atoms with Crippen molar-refractivity contribution in [3.05, 3.63) is 28.8 Å². The number of nitrogens with one attached hydrogen (secondary N) is 1. The molecule has 0 aliphatic heterocycles. The molecule has 0 spiro atoms. The van der Waals surface area contributed by atoms with Crippen molar-refractivity contribution in [2.24, 2.45) is 0 Å². The molecule has 2 N–H and O–H groups in total. The molecule has 0 heterocycles. The van der Waals surface area contributed by atoms with Crippen molar-refractivity contribution in [2.45, 2.75) is 52.4 Å². The van der Waals surface area contributed by atoms with Crippen molar-refractivity contribution < 1.29 is 14.7 Å². The lowest BCUT2D eigenvalue weighted by molar-refractivity contribution is 0.0537. The van der Waals surface area contributed by atoms with Gasteiger partial charge in [-0.25, -0.2) is 5.48 Å². The summed E-state index contributed by atoms with van der Waals surface area (Å²) < 4.78 is 0. The second-order valence-electron chi connectivity index (χ2n) is 7.06. The Morgan fingerprint density at radius 2 is 1.45 bits per heavy atom. The minimum absolute atomic E-state index is 0.257. The highest BCUT2D eigenvalue weighted by Crippen LogP contribution is 2.39. The first-order valence-corrected chi connectivity index (χ1v) is 6.69. The molecule has 0 aliphatic carbocycles. The molecule has 0 unspecified atom stereocenters. The number of phenols is 1. The molecule has 0 atom stereocenters. The quantitative estimate of drug-likeness (QED) is 0.817. The van der Waals surface area contributed by atoms with Crippen LogP contribution in [0.1, 0.15) is 63.0 Å². The van der Waals surface area contributed by atoms with Gasteiger partial charge in [-0.15, -0.1) is 0 Å². The first-order chi connectivity index (χ1) is 8.98. The third-order valence-corrected chi connectivity index (χ3v) is 3.18. The molecule has 0 aliphatic rings. The fraction of sp³-hybridized carbons (Fsp3) is 0.562. The number of hydrogen-bond acceptors (Lipinski definition) is 3. The van der Waals surface area contributed by atoms with Gasteiger partial charge in [0.05, 0.1) is 7.11 Å². The summed E-state index contributed by atoms with van der Waals surface area (Å²) in [4.78, 5) is 16.7. The van der Waals surface area contributed by atoms with Gasteiger partial charge in [-0.2, -0.15) is 0 Å². The zero-order valence-corrected chi connectivity index (χ0v) is 13.4. The summed E-state index contributed by atoms with van der Waals surface area (Å²) in [6.07, 6.45) is 0. The van der Waals surface area contributed by atoms with E-state index in [1.165, 1.54) is 7.11 Å². The molecular formula is C16H25NO3. The van der Waals surface area contributed by atoms with Crippen molar-refractivity contribution in [3.8, 4) is 5.75 Å². The van der Waals surface area contributed by atoms with Gasteiger partial charge < -0.3 is 5.11 Å². The van der Waals surface area contributed by atoms with Crippen LogP contribution in [0.15, 0.2) is 12.1 Å². The smallest absolute Gasteiger partial charge is 0.274 e. The highest BCUT2D eigenvalue weighted by molar-refractivity contribution is 5.94. The van der Waals surface area contributed by atoms with Crippen molar-refractivity contribution in [3.63, 3.8) is 0 Å². The molecule has 4 nitrogen and oxygen atoms in total. The van der Waals surface area contributed by atoms with Crippen LogP contribution in [0.3, 0.4) is 0 Å². The Hall–Kier alpha value is -1.55. The fourth-order valence-electron chi connectivity index (χ4n) is 2.06. The van der Waals surface area contributed by atoms with Crippen LogP contribution in [0.25, 0.3) is 0 Å². The zero-order valence-electron chi connectivity index (χ0n) is 13.4. The highest BCUT2D eigenvalue weighted by atomic mass is 16.6. The third kappa shape index (κ3) is 3.51. The van der Waals surface area contributed by atoms with Gasteiger partial charge >= 0.3 is 0 Å².